The summed E-state index contributed by atoms with van der Waals surface area (Å²) in [5.74, 6) is -0.0914. The van der Waals surface area contributed by atoms with Gasteiger partial charge in [-0.25, -0.2) is 0 Å². The lowest BCUT2D eigenvalue weighted by Gasteiger charge is -2.72. The second kappa shape index (κ2) is 8.03. The third kappa shape index (κ3) is 2.96. The molecule has 0 saturated heterocycles. The Kier molecular flexibility index (Phi) is 5.95. The minimum Gasteiger partial charge on any atom is -0.481 e. The van der Waals surface area contributed by atoms with E-state index in [9.17, 15) is 30.3 Å². The summed E-state index contributed by atoms with van der Waals surface area (Å²) in [7, 11) is 0. The Morgan fingerprint density at radius 1 is 1.00 bits per heavy atom. The lowest BCUT2D eigenvalue weighted by molar-refractivity contribution is -0.273. The average Bonchev–Trinajstić information content (AvgIpc) is 2.80. The van der Waals surface area contributed by atoms with Crippen LogP contribution in [0.2, 0.25) is 0 Å². The van der Waals surface area contributed by atoms with Crippen LogP contribution >= 0.6 is 0 Å². The highest BCUT2D eigenvalue weighted by Gasteiger charge is 2.72. The van der Waals surface area contributed by atoms with Gasteiger partial charge in [0.25, 0.3) is 0 Å². The summed E-state index contributed by atoms with van der Waals surface area (Å²) in [5, 5.41) is 54.7. The second-order valence-corrected chi connectivity index (χ2v) is 14.6. The van der Waals surface area contributed by atoms with E-state index in [4.69, 9.17) is 0 Å². The Balaban J connectivity index is 1.65. The third-order valence-corrected chi connectivity index (χ3v) is 13.4. The number of allylic oxidation sites excluding steroid dienone is 2. The van der Waals surface area contributed by atoms with Crippen molar-refractivity contribution in [2.24, 2.45) is 56.7 Å². The quantitative estimate of drug-likeness (QED) is 0.363. The molecule has 36 heavy (non-hydrogen) atoms. The normalized spacial score (nSPS) is 58.6. The van der Waals surface area contributed by atoms with Crippen LogP contribution in [-0.2, 0) is 4.79 Å². The van der Waals surface area contributed by atoms with Crippen molar-refractivity contribution >= 4 is 5.97 Å². The zero-order chi connectivity index (χ0) is 26.6. The number of aliphatic carboxylic acids is 1. The number of fused-ring (bicyclic) bond motifs is 7. The van der Waals surface area contributed by atoms with Gasteiger partial charge in [-0.2, -0.15) is 0 Å². The van der Waals surface area contributed by atoms with Gasteiger partial charge in [-0.3, -0.25) is 4.79 Å². The molecule has 0 radical (unpaired) electrons. The van der Waals surface area contributed by atoms with E-state index in [1.54, 1.807) is 0 Å². The van der Waals surface area contributed by atoms with Crippen molar-refractivity contribution in [3.05, 3.63) is 11.6 Å². The molecule has 4 saturated carbocycles. The molecule has 5 N–H and O–H groups in total. The van der Waals surface area contributed by atoms with Crippen LogP contribution in [0.5, 0.6) is 0 Å². The van der Waals surface area contributed by atoms with Crippen LogP contribution in [0.25, 0.3) is 0 Å². The fourth-order valence-electron chi connectivity index (χ4n) is 11.2. The van der Waals surface area contributed by atoms with Crippen LogP contribution < -0.4 is 0 Å². The summed E-state index contributed by atoms with van der Waals surface area (Å²) >= 11 is 0. The van der Waals surface area contributed by atoms with Crippen molar-refractivity contribution in [2.45, 2.75) is 105 Å². The van der Waals surface area contributed by atoms with E-state index in [1.807, 2.05) is 6.92 Å². The van der Waals surface area contributed by atoms with Crippen molar-refractivity contribution in [3.63, 3.8) is 0 Å². The van der Waals surface area contributed by atoms with Gasteiger partial charge in [0.1, 0.15) is 0 Å². The van der Waals surface area contributed by atoms with Crippen molar-refractivity contribution in [1.82, 2.24) is 0 Å². The Labute approximate surface area is 216 Å². The van der Waals surface area contributed by atoms with E-state index in [0.717, 1.165) is 25.7 Å². The summed E-state index contributed by atoms with van der Waals surface area (Å²) in [6, 6.07) is 0. The first-order valence-electron chi connectivity index (χ1n) is 14.2. The fraction of sp³-hybridized carbons (Fsp3) is 0.900. The Morgan fingerprint density at radius 3 is 2.28 bits per heavy atom. The molecule has 4 fully saturated rings. The van der Waals surface area contributed by atoms with Gasteiger partial charge in [0.2, 0.25) is 0 Å². The van der Waals surface area contributed by atoms with E-state index < -0.39 is 40.5 Å². The number of hydrogen-bond donors (Lipinski definition) is 5. The molecule has 0 spiro atoms. The number of rotatable bonds is 2. The lowest BCUT2D eigenvalue weighted by Crippen LogP contribution is -2.71. The standard InChI is InChI=1S/C30H48O6/c1-16-9-10-30(25(35)36)12-11-28(5)18(22(30)17(16)2)7-8-21-26(3)13-20(33)24(34)27(4,15-31)23(26)19(32)14-29(21,28)6/h7,16-17,19-24,31-34H,8-15H2,1-6H3,(H,35,36)/t16-,17+,19-,20-,21-,22+,23?,24+,26-,27+,28-,29-,30+/m1/s1. The zero-order valence-corrected chi connectivity index (χ0v) is 23.0. The molecule has 6 nitrogen and oxygen atoms in total. The van der Waals surface area contributed by atoms with E-state index in [1.165, 1.54) is 5.57 Å². The third-order valence-electron chi connectivity index (χ3n) is 13.4. The van der Waals surface area contributed by atoms with Crippen molar-refractivity contribution in [3.8, 4) is 0 Å². The topological polar surface area (TPSA) is 118 Å². The molecule has 0 heterocycles. The van der Waals surface area contributed by atoms with Crippen LogP contribution in [0.1, 0.15) is 86.5 Å². The number of hydrogen-bond acceptors (Lipinski definition) is 5. The molecule has 1 unspecified atom stereocenters. The second-order valence-electron chi connectivity index (χ2n) is 14.6. The first-order valence-corrected chi connectivity index (χ1v) is 14.2. The number of aliphatic hydroxyl groups excluding tert-OH is 4. The average molecular weight is 505 g/mol. The highest BCUT2D eigenvalue weighted by atomic mass is 16.4. The maximum Gasteiger partial charge on any atom is 0.310 e. The number of carboxylic acids is 1. The summed E-state index contributed by atoms with van der Waals surface area (Å²) in [4.78, 5) is 12.8. The fourth-order valence-corrected chi connectivity index (χ4v) is 11.2. The van der Waals surface area contributed by atoms with Crippen LogP contribution in [0.15, 0.2) is 11.6 Å². The summed E-state index contributed by atoms with van der Waals surface area (Å²) in [6.07, 6.45) is 4.44. The molecular weight excluding hydrogens is 456 g/mol. The molecule has 0 aliphatic heterocycles. The molecule has 0 aromatic carbocycles. The minimum atomic E-state index is -1.08. The smallest absolute Gasteiger partial charge is 0.310 e. The maximum absolute atomic E-state index is 12.8. The molecule has 6 heteroatoms. The minimum absolute atomic E-state index is 0.000534. The highest BCUT2D eigenvalue weighted by Crippen LogP contribution is 2.75. The first kappa shape index (κ1) is 26.6. The number of carboxylic acid groups (broad SMARTS) is 1. The number of carbonyl (C=O) groups is 1. The monoisotopic (exact) mass is 504 g/mol. The largest absolute Gasteiger partial charge is 0.481 e. The molecular formula is C30H48O6. The van der Waals surface area contributed by atoms with Crippen LogP contribution in [-0.4, -0.2) is 56.4 Å². The Hall–Kier alpha value is -0.950. The summed E-state index contributed by atoms with van der Waals surface area (Å²) < 4.78 is 0. The Morgan fingerprint density at radius 2 is 1.67 bits per heavy atom. The molecule has 0 amide bonds. The Bertz CT molecular complexity index is 963. The van der Waals surface area contributed by atoms with Gasteiger partial charge in [-0.05, 0) is 84.9 Å². The molecule has 0 aromatic rings. The summed E-state index contributed by atoms with van der Waals surface area (Å²) in [5.41, 5.74) is -1.41. The maximum atomic E-state index is 12.8. The highest BCUT2D eigenvalue weighted by molar-refractivity contribution is 5.76. The van der Waals surface area contributed by atoms with Crippen molar-refractivity contribution < 1.29 is 30.3 Å². The van der Waals surface area contributed by atoms with E-state index in [-0.39, 0.29) is 41.1 Å². The molecule has 0 bridgehead atoms. The van der Waals surface area contributed by atoms with Gasteiger partial charge in [-0.1, -0.05) is 53.2 Å². The van der Waals surface area contributed by atoms with Crippen LogP contribution in [0.3, 0.4) is 0 Å². The van der Waals surface area contributed by atoms with E-state index in [2.05, 4.69) is 40.7 Å². The van der Waals surface area contributed by atoms with Crippen LogP contribution in [0.4, 0.5) is 0 Å². The predicted octanol–water partition coefficient (Wildman–Crippen LogP) is 4.00. The van der Waals surface area contributed by atoms with Crippen LogP contribution in [0, 0.1) is 56.7 Å². The predicted molar refractivity (Wildman–Crippen MR) is 137 cm³/mol. The zero-order valence-electron chi connectivity index (χ0n) is 23.0. The lowest BCUT2D eigenvalue weighted by atomic mass is 9.32. The summed E-state index contributed by atoms with van der Waals surface area (Å²) in [6.45, 7) is 12.8. The van der Waals surface area contributed by atoms with Gasteiger partial charge in [0.15, 0.2) is 0 Å². The molecule has 204 valence electrons. The molecule has 5 aliphatic carbocycles. The number of aliphatic hydroxyl groups is 4. The SMILES string of the molecule is C[C@H]1[C@H](C)CC[C@]2(C(=O)O)CC[C@]3(C)C(=CC[C@@H]4[C@@]5(C)C[C@@H](O)[C@H](O)[C@@](C)(CO)C5[C@H](O)C[C@]43C)[C@H]12. The molecule has 0 aromatic heterocycles. The molecule has 5 aliphatic rings. The first-order chi connectivity index (χ1) is 16.6. The van der Waals surface area contributed by atoms with E-state index in [0.29, 0.717) is 25.2 Å². The van der Waals surface area contributed by atoms with Gasteiger partial charge < -0.3 is 25.5 Å². The van der Waals surface area contributed by atoms with Gasteiger partial charge in [-0.15, -0.1) is 0 Å². The van der Waals surface area contributed by atoms with Crippen molar-refractivity contribution in [1.29, 1.82) is 0 Å². The van der Waals surface area contributed by atoms with Crippen molar-refractivity contribution in [2.75, 3.05) is 6.61 Å². The van der Waals surface area contributed by atoms with Gasteiger partial charge in [0, 0.05) is 11.3 Å². The van der Waals surface area contributed by atoms with Gasteiger partial charge in [0.05, 0.1) is 30.3 Å². The van der Waals surface area contributed by atoms with Gasteiger partial charge >= 0.3 is 5.97 Å². The molecule has 13 atom stereocenters. The van der Waals surface area contributed by atoms with E-state index >= 15 is 0 Å². The molecule has 5 rings (SSSR count).